The zero-order valence-corrected chi connectivity index (χ0v) is 10.4. The van der Waals surface area contributed by atoms with E-state index in [9.17, 15) is 13.6 Å². The second kappa shape index (κ2) is 4.76. The van der Waals surface area contributed by atoms with Gasteiger partial charge in [-0.15, -0.1) is 0 Å². The lowest BCUT2D eigenvalue weighted by molar-refractivity contribution is -0.0480. The molecule has 0 radical (unpaired) electrons. The van der Waals surface area contributed by atoms with Gasteiger partial charge in [-0.2, -0.15) is 0 Å². The van der Waals surface area contributed by atoms with Gasteiger partial charge in [0.2, 0.25) is 5.92 Å². The van der Waals surface area contributed by atoms with E-state index in [4.69, 9.17) is 10.5 Å². The highest BCUT2D eigenvalue weighted by molar-refractivity contribution is 5.68. The number of alkyl halides is 2. The van der Waals surface area contributed by atoms with Gasteiger partial charge < -0.3 is 15.8 Å². The summed E-state index contributed by atoms with van der Waals surface area (Å²) in [5.74, 6) is -2.72. The normalized spacial score (nSPS) is 28.6. The van der Waals surface area contributed by atoms with Crippen LogP contribution in [0.25, 0.3) is 0 Å². The van der Waals surface area contributed by atoms with Gasteiger partial charge in [0.05, 0.1) is 0 Å². The van der Waals surface area contributed by atoms with E-state index >= 15 is 0 Å². The number of rotatable bonds is 1. The Kier molecular flexibility index (Phi) is 3.96. The molecule has 1 aliphatic rings. The summed E-state index contributed by atoms with van der Waals surface area (Å²) in [7, 11) is 0. The molecule has 0 heterocycles. The zero-order valence-electron chi connectivity index (χ0n) is 10.4. The molecule has 17 heavy (non-hydrogen) atoms. The van der Waals surface area contributed by atoms with E-state index < -0.39 is 36.1 Å². The fraction of sp³-hybridized carbons (Fsp3) is 0.909. The number of carbonyl (C=O) groups excluding carboxylic acids is 1. The molecule has 4 nitrogen and oxygen atoms in total. The Morgan fingerprint density at radius 3 is 2.53 bits per heavy atom. The first-order valence-electron chi connectivity index (χ1n) is 5.72. The molecular formula is C11H20F2N2O2. The number of halogens is 2. The number of ether oxygens (including phenoxy) is 1. The Morgan fingerprint density at radius 1 is 1.47 bits per heavy atom. The van der Waals surface area contributed by atoms with Gasteiger partial charge in [-0.3, -0.25) is 0 Å². The fourth-order valence-corrected chi connectivity index (χ4v) is 1.81. The average molecular weight is 250 g/mol. The summed E-state index contributed by atoms with van der Waals surface area (Å²) in [5.41, 5.74) is 5.01. The topological polar surface area (TPSA) is 64.3 Å². The Hall–Kier alpha value is -0.910. The third-order valence-electron chi connectivity index (χ3n) is 2.57. The number of nitrogens with two attached hydrogens (primary N) is 1. The summed E-state index contributed by atoms with van der Waals surface area (Å²) in [4.78, 5) is 11.5. The van der Waals surface area contributed by atoms with Crippen molar-refractivity contribution in [2.45, 2.75) is 63.6 Å². The molecular weight excluding hydrogens is 230 g/mol. The molecule has 1 rings (SSSR count). The second-order valence-electron chi connectivity index (χ2n) is 5.52. The maximum Gasteiger partial charge on any atom is 0.407 e. The van der Waals surface area contributed by atoms with Crippen molar-refractivity contribution in [2.75, 3.05) is 0 Å². The van der Waals surface area contributed by atoms with Gasteiger partial charge in [0, 0.05) is 24.9 Å². The van der Waals surface area contributed by atoms with E-state index in [1.54, 1.807) is 20.8 Å². The first-order valence-corrected chi connectivity index (χ1v) is 5.72. The molecule has 2 atom stereocenters. The number of nitrogens with one attached hydrogen (secondary N) is 1. The van der Waals surface area contributed by atoms with E-state index in [2.05, 4.69) is 5.32 Å². The van der Waals surface area contributed by atoms with E-state index in [1.807, 2.05) is 0 Å². The minimum Gasteiger partial charge on any atom is -0.444 e. The number of amides is 1. The quantitative estimate of drug-likeness (QED) is 0.748. The summed E-state index contributed by atoms with van der Waals surface area (Å²) in [6.07, 6.45) is -1.08. The molecule has 1 fully saturated rings. The molecule has 0 aromatic carbocycles. The summed E-state index contributed by atoms with van der Waals surface area (Å²) < 4.78 is 31.1. The standard InChI is InChI=1S/C11H20F2N2O2/c1-10(2,3)17-9(16)15-8-4-5-11(12,13)6-7(8)14/h7-8H,4-6,14H2,1-3H3,(H,15,16)/t7-,8+/m0/s1. The first kappa shape index (κ1) is 14.2. The molecule has 0 aliphatic heterocycles. The highest BCUT2D eigenvalue weighted by Crippen LogP contribution is 2.32. The largest absolute Gasteiger partial charge is 0.444 e. The van der Waals surface area contributed by atoms with Crippen molar-refractivity contribution in [3.05, 3.63) is 0 Å². The van der Waals surface area contributed by atoms with Gasteiger partial charge in [0.15, 0.2) is 0 Å². The maximum atomic E-state index is 13.0. The third kappa shape index (κ3) is 4.85. The van der Waals surface area contributed by atoms with E-state index in [0.717, 1.165) is 0 Å². The summed E-state index contributed by atoms with van der Waals surface area (Å²) in [6, 6.07) is -1.17. The Balaban J connectivity index is 2.45. The highest BCUT2D eigenvalue weighted by Gasteiger charge is 2.40. The third-order valence-corrected chi connectivity index (χ3v) is 2.57. The van der Waals surface area contributed by atoms with Gasteiger partial charge in [-0.1, -0.05) is 0 Å². The van der Waals surface area contributed by atoms with E-state index in [0.29, 0.717) is 0 Å². The van der Waals surface area contributed by atoms with Crippen LogP contribution in [0.5, 0.6) is 0 Å². The van der Waals surface area contributed by atoms with Crippen molar-refractivity contribution < 1.29 is 18.3 Å². The minimum atomic E-state index is -2.72. The van der Waals surface area contributed by atoms with Crippen molar-refractivity contribution in [1.82, 2.24) is 5.32 Å². The lowest BCUT2D eigenvalue weighted by Crippen LogP contribution is -2.54. The predicted octanol–water partition coefficient (Wildman–Crippen LogP) is 2.03. The summed E-state index contributed by atoms with van der Waals surface area (Å²) >= 11 is 0. The molecule has 6 heteroatoms. The lowest BCUT2D eigenvalue weighted by atomic mass is 9.88. The second-order valence-corrected chi connectivity index (χ2v) is 5.52. The van der Waals surface area contributed by atoms with Crippen LogP contribution in [0.4, 0.5) is 13.6 Å². The predicted molar refractivity (Wildman–Crippen MR) is 59.9 cm³/mol. The summed E-state index contributed by atoms with van der Waals surface area (Å²) in [5, 5.41) is 2.54. The molecule has 100 valence electrons. The maximum absolute atomic E-state index is 13.0. The van der Waals surface area contributed by atoms with Crippen LogP contribution in [0.15, 0.2) is 0 Å². The summed E-state index contributed by atoms with van der Waals surface area (Å²) in [6.45, 7) is 5.21. The fourth-order valence-electron chi connectivity index (χ4n) is 1.81. The molecule has 0 unspecified atom stereocenters. The lowest BCUT2D eigenvalue weighted by Gasteiger charge is -2.34. The van der Waals surface area contributed by atoms with Crippen molar-refractivity contribution in [1.29, 1.82) is 0 Å². The highest BCUT2D eigenvalue weighted by atomic mass is 19.3. The Bertz CT molecular complexity index is 290. The van der Waals surface area contributed by atoms with Crippen molar-refractivity contribution >= 4 is 6.09 Å². The van der Waals surface area contributed by atoms with E-state index in [-0.39, 0.29) is 12.8 Å². The van der Waals surface area contributed by atoms with Gasteiger partial charge in [-0.25, -0.2) is 13.6 Å². The minimum absolute atomic E-state index is 0.174. The molecule has 0 aromatic heterocycles. The zero-order chi connectivity index (χ0) is 13.3. The van der Waals surface area contributed by atoms with Gasteiger partial charge >= 0.3 is 6.09 Å². The Morgan fingerprint density at radius 2 is 2.06 bits per heavy atom. The first-order chi connectivity index (χ1) is 7.59. The number of alkyl carbamates (subject to hydrolysis) is 1. The molecule has 1 aliphatic carbocycles. The molecule has 1 amide bonds. The number of hydrogen-bond donors (Lipinski definition) is 2. The van der Waals surface area contributed by atoms with Crippen LogP contribution in [0, 0.1) is 0 Å². The Labute approximate surface area is 99.9 Å². The van der Waals surface area contributed by atoms with Crippen LogP contribution in [0.3, 0.4) is 0 Å². The molecule has 0 aromatic rings. The number of hydrogen-bond acceptors (Lipinski definition) is 3. The monoisotopic (exact) mass is 250 g/mol. The molecule has 1 saturated carbocycles. The van der Waals surface area contributed by atoms with Crippen molar-refractivity contribution in [3.8, 4) is 0 Å². The molecule has 0 saturated heterocycles. The van der Waals surface area contributed by atoms with Crippen LogP contribution < -0.4 is 11.1 Å². The van der Waals surface area contributed by atoms with E-state index in [1.165, 1.54) is 0 Å². The smallest absolute Gasteiger partial charge is 0.407 e. The SMILES string of the molecule is CC(C)(C)OC(=O)N[C@@H]1CCC(F)(F)C[C@@H]1N. The van der Waals surface area contributed by atoms with Crippen LogP contribution in [0.1, 0.15) is 40.0 Å². The van der Waals surface area contributed by atoms with Crippen molar-refractivity contribution in [3.63, 3.8) is 0 Å². The average Bonchev–Trinajstić information content (AvgIpc) is 2.06. The van der Waals surface area contributed by atoms with Crippen LogP contribution in [-0.4, -0.2) is 29.7 Å². The van der Waals surface area contributed by atoms with Crippen LogP contribution in [0.2, 0.25) is 0 Å². The van der Waals surface area contributed by atoms with Gasteiger partial charge in [0.25, 0.3) is 0 Å². The van der Waals surface area contributed by atoms with Crippen LogP contribution in [-0.2, 0) is 4.74 Å². The van der Waals surface area contributed by atoms with Gasteiger partial charge in [-0.05, 0) is 27.2 Å². The molecule has 0 spiro atoms. The molecule has 3 N–H and O–H groups in total. The number of carbonyl (C=O) groups is 1. The van der Waals surface area contributed by atoms with Gasteiger partial charge in [0.1, 0.15) is 5.60 Å². The molecule has 0 bridgehead atoms. The van der Waals surface area contributed by atoms with Crippen LogP contribution >= 0.6 is 0 Å². The van der Waals surface area contributed by atoms with Crippen molar-refractivity contribution in [2.24, 2.45) is 5.73 Å².